The summed E-state index contributed by atoms with van der Waals surface area (Å²) in [7, 11) is 1.94. The van der Waals surface area contributed by atoms with Crippen LogP contribution in [0.2, 0.25) is 0 Å². The molecule has 0 bridgehead atoms. The van der Waals surface area contributed by atoms with E-state index in [1.807, 2.05) is 38.2 Å². The standard InChI is InChI=1S/C11H16N2/c1-4-6-10(12-3)11-8-5-7-9(2)13-11/h4-5,7-8,10,12H,1,6H2,2-3H3. The minimum Gasteiger partial charge on any atom is -0.311 e. The van der Waals surface area contributed by atoms with E-state index in [1.165, 1.54) is 0 Å². The molecule has 0 saturated heterocycles. The Morgan fingerprint density at radius 3 is 2.92 bits per heavy atom. The first-order valence-corrected chi connectivity index (χ1v) is 4.49. The van der Waals surface area contributed by atoms with E-state index in [4.69, 9.17) is 0 Å². The molecular formula is C11H16N2. The van der Waals surface area contributed by atoms with Gasteiger partial charge in [0.1, 0.15) is 0 Å². The highest BCUT2D eigenvalue weighted by atomic mass is 14.9. The Morgan fingerprint density at radius 1 is 1.62 bits per heavy atom. The maximum absolute atomic E-state index is 4.45. The van der Waals surface area contributed by atoms with Gasteiger partial charge in [0.25, 0.3) is 0 Å². The molecule has 1 atom stereocenters. The van der Waals surface area contributed by atoms with E-state index in [9.17, 15) is 0 Å². The van der Waals surface area contributed by atoms with Gasteiger partial charge in [0.15, 0.2) is 0 Å². The van der Waals surface area contributed by atoms with Crippen LogP contribution in [0.4, 0.5) is 0 Å². The van der Waals surface area contributed by atoms with Crippen molar-refractivity contribution < 1.29 is 0 Å². The van der Waals surface area contributed by atoms with Gasteiger partial charge in [0, 0.05) is 5.69 Å². The Hall–Kier alpha value is -1.15. The number of pyridine rings is 1. The van der Waals surface area contributed by atoms with Crippen molar-refractivity contribution in [2.24, 2.45) is 0 Å². The highest BCUT2D eigenvalue weighted by molar-refractivity contribution is 5.14. The number of nitrogens with one attached hydrogen (secondary N) is 1. The van der Waals surface area contributed by atoms with E-state index in [-0.39, 0.29) is 6.04 Å². The van der Waals surface area contributed by atoms with Crippen molar-refractivity contribution in [2.45, 2.75) is 19.4 Å². The van der Waals surface area contributed by atoms with E-state index in [2.05, 4.69) is 16.9 Å². The lowest BCUT2D eigenvalue weighted by molar-refractivity contribution is 0.585. The van der Waals surface area contributed by atoms with Crippen LogP contribution in [0.25, 0.3) is 0 Å². The molecule has 2 nitrogen and oxygen atoms in total. The predicted octanol–water partition coefficient (Wildman–Crippen LogP) is 2.23. The van der Waals surface area contributed by atoms with E-state index in [0.717, 1.165) is 17.8 Å². The molecular weight excluding hydrogens is 160 g/mol. The van der Waals surface area contributed by atoms with Gasteiger partial charge in [0.05, 0.1) is 11.7 Å². The summed E-state index contributed by atoms with van der Waals surface area (Å²) in [6, 6.07) is 6.37. The van der Waals surface area contributed by atoms with Gasteiger partial charge in [-0.05, 0) is 32.5 Å². The fourth-order valence-electron chi connectivity index (χ4n) is 1.31. The average molecular weight is 176 g/mol. The third kappa shape index (κ3) is 2.67. The smallest absolute Gasteiger partial charge is 0.0579 e. The number of hydrogen-bond acceptors (Lipinski definition) is 2. The van der Waals surface area contributed by atoms with Crippen molar-refractivity contribution in [3.8, 4) is 0 Å². The van der Waals surface area contributed by atoms with Gasteiger partial charge in [-0.2, -0.15) is 0 Å². The summed E-state index contributed by atoms with van der Waals surface area (Å²) in [5, 5.41) is 3.21. The quantitative estimate of drug-likeness (QED) is 0.711. The summed E-state index contributed by atoms with van der Waals surface area (Å²) in [6.45, 7) is 5.73. The van der Waals surface area contributed by atoms with E-state index in [1.54, 1.807) is 0 Å². The summed E-state index contributed by atoms with van der Waals surface area (Å²) < 4.78 is 0. The van der Waals surface area contributed by atoms with Gasteiger partial charge in [-0.1, -0.05) is 12.1 Å². The second-order valence-corrected chi connectivity index (χ2v) is 3.07. The summed E-state index contributed by atoms with van der Waals surface area (Å²) >= 11 is 0. The Morgan fingerprint density at radius 2 is 2.38 bits per heavy atom. The van der Waals surface area contributed by atoms with Crippen LogP contribution in [-0.4, -0.2) is 12.0 Å². The Balaban J connectivity index is 2.84. The number of nitrogens with zero attached hydrogens (tertiary/aromatic N) is 1. The third-order valence-electron chi connectivity index (χ3n) is 2.02. The molecule has 0 radical (unpaired) electrons. The van der Waals surface area contributed by atoms with Crippen LogP contribution in [0.5, 0.6) is 0 Å². The molecule has 1 rings (SSSR count). The summed E-state index contributed by atoms with van der Waals surface area (Å²) in [5.41, 5.74) is 2.14. The molecule has 0 saturated carbocycles. The topological polar surface area (TPSA) is 24.9 Å². The molecule has 0 spiro atoms. The van der Waals surface area contributed by atoms with Gasteiger partial charge in [-0.15, -0.1) is 6.58 Å². The lowest BCUT2D eigenvalue weighted by atomic mass is 10.1. The van der Waals surface area contributed by atoms with E-state index in [0.29, 0.717) is 0 Å². The van der Waals surface area contributed by atoms with Crippen molar-refractivity contribution >= 4 is 0 Å². The molecule has 70 valence electrons. The molecule has 0 aromatic carbocycles. The molecule has 0 aliphatic carbocycles. The third-order valence-corrected chi connectivity index (χ3v) is 2.02. The zero-order valence-corrected chi connectivity index (χ0v) is 8.25. The zero-order chi connectivity index (χ0) is 9.68. The maximum atomic E-state index is 4.45. The van der Waals surface area contributed by atoms with Crippen molar-refractivity contribution in [1.82, 2.24) is 10.3 Å². The van der Waals surface area contributed by atoms with Crippen molar-refractivity contribution in [1.29, 1.82) is 0 Å². The number of hydrogen-bond donors (Lipinski definition) is 1. The molecule has 0 aliphatic rings. The van der Waals surface area contributed by atoms with Gasteiger partial charge < -0.3 is 5.32 Å². The van der Waals surface area contributed by atoms with E-state index < -0.39 is 0 Å². The van der Waals surface area contributed by atoms with E-state index >= 15 is 0 Å². The van der Waals surface area contributed by atoms with Crippen LogP contribution in [0, 0.1) is 6.92 Å². The number of rotatable bonds is 4. The average Bonchev–Trinajstić information content (AvgIpc) is 2.14. The van der Waals surface area contributed by atoms with Crippen LogP contribution in [0.15, 0.2) is 30.9 Å². The normalized spacial score (nSPS) is 12.5. The fraction of sp³-hybridized carbons (Fsp3) is 0.364. The highest BCUT2D eigenvalue weighted by Gasteiger charge is 2.07. The van der Waals surface area contributed by atoms with Crippen LogP contribution < -0.4 is 5.32 Å². The summed E-state index contributed by atoms with van der Waals surface area (Å²) in [5.74, 6) is 0. The van der Waals surface area contributed by atoms with Crippen molar-refractivity contribution in [3.63, 3.8) is 0 Å². The minimum absolute atomic E-state index is 0.289. The molecule has 1 unspecified atom stereocenters. The minimum atomic E-state index is 0.289. The molecule has 1 aromatic rings. The van der Waals surface area contributed by atoms with Gasteiger partial charge in [0.2, 0.25) is 0 Å². The highest BCUT2D eigenvalue weighted by Crippen LogP contribution is 2.14. The SMILES string of the molecule is C=CCC(NC)c1cccc(C)n1. The second-order valence-electron chi connectivity index (χ2n) is 3.07. The van der Waals surface area contributed by atoms with Crippen molar-refractivity contribution in [2.75, 3.05) is 7.05 Å². The second kappa shape index (κ2) is 4.77. The number of aryl methyl sites for hydroxylation is 1. The van der Waals surface area contributed by atoms with Gasteiger partial charge in [-0.25, -0.2) is 0 Å². The first-order chi connectivity index (χ1) is 6.27. The lowest BCUT2D eigenvalue weighted by Gasteiger charge is -2.13. The van der Waals surface area contributed by atoms with Crippen molar-refractivity contribution in [3.05, 3.63) is 42.2 Å². The molecule has 0 amide bonds. The number of aromatic nitrogens is 1. The molecule has 2 heteroatoms. The molecule has 0 fully saturated rings. The molecule has 1 aromatic heterocycles. The summed E-state index contributed by atoms with van der Waals surface area (Å²) in [4.78, 5) is 4.45. The Labute approximate surface area is 79.7 Å². The monoisotopic (exact) mass is 176 g/mol. The zero-order valence-electron chi connectivity index (χ0n) is 8.25. The molecule has 1 heterocycles. The van der Waals surface area contributed by atoms with Gasteiger partial charge >= 0.3 is 0 Å². The molecule has 13 heavy (non-hydrogen) atoms. The largest absolute Gasteiger partial charge is 0.311 e. The predicted molar refractivity (Wildman–Crippen MR) is 55.6 cm³/mol. The first-order valence-electron chi connectivity index (χ1n) is 4.49. The van der Waals surface area contributed by atoms with Crippen LogP contribution in [0.1, 0.15) is 23.9 Å². The Kier molecular flexibility index (Phi) is 3.65. The maximum Gasteiger partial charge on any atom is 0.0579 e. The molecule has 0 aliphatic heterocycles. The Bertz CT molecular complexity index is 281. The van der Waals surface area contributed by atoms with Gasteiger partial charge in [-0.3, -0.25) is 4.98 Å². The van der Waals surface area contributed by atoms with Crippen LogP contribution in [0.3, 0.4) is 0 Å². The summed E-state index contributed by atoms with van der Waals surface area (Å²) in [6.07, 6.45) is 2.82. The fourth-order valence-corrected chi connectivity index (χ4v) is 1.31. The van der Waals surface area contributed by atoms with Crippen LogP contribution >= 0.6 is 0 Å². The molecule has 1 N–H and O–H groups in total. The lowest BCUT2D eigenvalue weighted by Crippen LogP contribution is -2.16. The first kappa shape index (κ1) is 9.93. The van der Waals surface area contributed by atoms with Crippen LogP contribution in [-0.2, 0) is 0 Å².